The molecule has 15 heteroatoms. The van der Waals surface area contributed by atoms with Crippen molar-refractivity contribution in [3.8, 4) is 16.9 Å². The molecule has 0 radical (unpaired) electrons. The number of halogens is 3. The van der Waals surface area contributed by atoms with E-state index in [0.29, 0.717) is 26.2 Å². The van der Waals surface area contributed by atoms with Crippen LogP contribution in [0.3, 0.4) is 0 Å². The molecule has 1 fully saturated rings. The fourth-order valence-corrected chi connectivity index (χ4v) is 5.92. The third kappa shape index (κ3) is 10.8. The number of alkyl halides is 3. The van der Waals surface area contributed by atoms with E-state index in [2.05, 4.69) is 10.2 Å². The summed E-state index contributed by atoms with van der Waals surface area (Å²) in [5.41, 5.74) is 4.54. The number of carboxylic acid groups (broad SMARTS) is 1. The lowest BCUT2D eigenvalue weighted by atomic mass is 9.95. The summed E-state index contributed by atoms with van der Waals surface area (Å²) < 4.78 is 74.1. The molecule has 1 saturated heterocycles. The van der Waals surface area contributed by atoms with Crippen LogP contribution < -0.4 is 10.1 Å². The summed E-state index contributed by atoms with van der Waals surface area (Å²) in [6.45, 7) is 3.36. The Balaban J connectivity index is 0.000000698. The van der Waals surface area contributed by atoms with Gasteiger partial charge in [-0.2, -0.15) is 13.2 Å². The van der Waals surface area contributed by atoms with Gasteiger partial charge in [0.05, 0.1) is 11.5 Å². The van der Waals surface area contributed by atoms with Crippen molar-refractivity contribution in [2.24, 2.45) is 5.92 Å². The zero-order valence-corrected chi connectivity index (χ0v) is 28.2. The molecule has 11 nitrogen and oxygen atoms in total. The fourth-order valence-electron chi connectivity index (χ4n) is 5.27. The van der Waals surface area contributed by atoms with Crippen molar-refractivity contribution in [3.05, 3.63) is 77.9 Å². The first kappa shape index (κ1) is 37.5. The van der Waals surface area contributed by atoms with Gasteiger partial charge in [-0.25, -0.2) is 18.0 Å². The number of carboxylic acids is 1. The second-order valence-electron chi connectivity index (χ2n) is 12.0. The molecule has 5 rings (SSSR count). The lowest BCUT2D eigenvalue weighted by Crippen LogP contribution is -2.44. The number of carbonyl (C=O) groups excluding carboxylic acids is 1. The molecule has 0 aliphatic carbocycles. The first-order valence-corrected chi connectivity index (χ1v) is 17.4. The normalized spacial score (nSPS) is 16.6. The number of amides is 1. The van der Waals surface area contributed by atoms with Crippen molar-refractivity contribution >= 4 is 27.6 Å². The van der Waals surface area contributed by atoms with Crippen molar-refractivity contribution in [1.82, 2.24) is 9.80 Å². The van der Waals surface area contributed by atoms with Crippen LogP contribution in [0.15, 0.2) is 71.6 Å². The quantitative estimate of drug-likeness (QED) is 0.288. The zero-order chi connectivity index (χ0) is 35.8. The molecule has 3 aromatic rings. The first-order chi connectivity index (χ1) is 23.1. The maximum Gasteiger partial charge on any atom is 0.490 e. The third-order valence-electron chi connectivity index (χ3n) is 7.94. The van der Waals surface area contributed by atoms with Gasteiger partial charge >= 0.3 is 18.2 Å². The molecule has 266 valence electrons. The number of sulfone groups is 1. The second-order valence-corrected chi connectivity index (χ2v) is 14.0. The topological polar surface area (TPSA) is 135 Å². The van der Waals surface area contributed by atoms with Gasteiger partial charge in [0.25, 0.3) is 0 Å². The summed E-state index contributed by atoms with van der Waals surface area (Å²) in [6.07, 6.45) is -2.98. The van der Waals surface area contributed by atoms with E-state index < -0.39 is 22.0 Å². The Morgan fingerprint density at radius 2 is 1.71 bits per heavy atom. The smallest absolute Gasteiger partial charge is 0.475 e. The van der Waals surface area contributed by atoms with E-state index in [4.69, 9.17) is 24.1 Å². The second kappa shape index (κ2) is 16.4. The summed E-state index contributed by atoms with van der Waals surface area (Å²) >= 11 is 0. The molecule has 3 aromatic carbocycles. The molecule has 2 heterocycles. The standard InChI is InChI=1S/C32H39N3O6S.C2HF3O2/c1-34(2)18-15-33-29-20-27(42(3,37)38)10-11-28(29)25-9-12-30-26(19-25)22-39-31(41-30)24-13-16-35(17-14-24)32(36)40-21-23-7-5-4-6-8-23;3-2(4,5)1(6)7/h4-12,19-20,24,31,33H,13-18,21-22H2,1-3H3;(H,6,7). The van der Waals surface area contributed by atoms with E-state index in [1.807, 2.05) is 68.7 Å². The molecule has 0 bridgehead atoms. The molecule has 1 atom stereocenters. The summed E-state index contributed by atoms with van der Waals surface area (Å²) in [5.74, 6) is -1.80. The SMILES string of the molecule is CN(C)CCNc1cc(S(C)(=O)=O)ccc1-c1ccc2c(c1)COC(C1CCN(C(=O)OCc3ccccc3)CC1)O2.O=C(O)C(F)(F)F. The minimum absolute atomic E-state index is 0.173. The maximum atomic E-state index is 12.6. The van der Waals surface area contributed by atoms with Crippen LogP contribution in [0.4, 0.5) is 23.7 Å². The number of likely N-dealkylation sites (N-methyl/N-ethyl adjacent to an activating group) is 1. The van der Waals surface area contributed by atoms with Crippen molar-refractivity contribution in [1.29, 1.82) is 0 Å². The number of rotatable bonds is 9. The monoisotopic (exact) mass is 707 g/mol. The molecule has 1 amide bonds. The molecule has 2 aliphatic rings. The molecule has 2 aliphatic heterocycles. The highest BCUT2D eigenvalue weighted by atomic mass is 32.2. The van der Waals surface area contributed by atoms with E-state index in [9.17, 15) is 26.4 Å². The Kier molecular flexibility index (Phi) is 12.5. The van der Waals surface area contributed by atoms with Crippen molar-refractivity contribution in [2.45, 2.75) is 43.4 Å². The van der Waals surface area contributed by atoms with Crippen LogP contribution in [-0.4, -0.2) is 94.4 Å². The number of ether oxygens (including phenoxy) is 3. The van der Waals surface area contributed by atoms with Crippen LogP contribution in [-0.2, 0) is 37.3 Å². The number of piperidine rings is 1. The summed E-state index contributed by atoms with van der Waals surface area (Å²) in [4.78, 5) is 25.5. The lowest BCUT2D eigenvalue weighted by Gasteiger charge is -2.37. The molecular formula is C34H40F3N3O8S. The number of hydrogen-bond acceptors (Lipinski definition) is 9. The number of nitrogens with one attached hydrogen (secondary N) is 1. The van der Waals surface area contributed by atoms with E-state index >= 15 is 0 Å². The van der Waals surface area contributed by atoms with Crippen LogP contribution in [0.1, 0.15) is 24.0 Å². The highest BCUT2D eigenvalue weighted by Gasteiger charge is 2.38. The van der Waals surface area contributed by atoms with Crippen LogP contribution in [0.2, 0.25) is 0 Å². The molecule has 1 unspecified atom stereocenters. The Hall–Kier alpha value is -4.34. The van der Waals surface area contributed by atoms with Gasteiger partial charge < -0.3 is 34.4 Å². The number of anilines is 1. The zero-order valence-electron chi connectivity index (χ0n) is 27.4. The molecule has 0 spiro atoms. The Bertz CT molecular complexity index is 1700. The van der Waals surface area contributed by atoms with Crippen molar-refractivity contribution < 1.29 is 50.5 Å². The van der Waals surface area contributed by atoms with Gasteiger partial charge in [0.1, 0.15) is 12.4 Å². The van der Waals surface area contributed by atoms with E-state index in [1.165, 1.54) is 6.26 Å². The van der Waals surface area contributed by atoms with Gasteiger partial charge in [-0.3, -0.25) is 0 Å². The summed E-state index contributed by atoms with van der Waals surface area (Å²) in [7, 11) is 0.655. The van der Waals surface area contributed by atoms with Gasteiger partial charge in [-0.05, 0) is 62.3 Å². The predicted octanol–water partition coefficient (Wildman–Crippen LogP) is 5.65. The summed E-state index contributed by atoms with van der Waals surface area (Å²) in [5, 5.41) is 10.5. The van der Waals surface area contributed by atoms with E-state index in [-0.39, 0.29) is 29.8 Å². The summed E-state index contributed by atoms with van der Waals surface area (Å²) in [6, 6.07) is 20.9. The maximum absolute atomic E-state index is 12.6. The number of aliphatic carboxylic acids is 1. The average molecular weight is 708 g/mol. The van der Waals surface area contributed by atoms with Crippen molar-refractivity contribution in [3.63, 3.8) is 0 Å². The number of carbonyl (C=O) groups is 2. The van der Waals surface area contributed by atoms with E-state index in [0.717, 1.165) is 53.1 Å². The molecule has 0 saturated carbocycles. The van der Waals surface area contributed by atoms with Gasteiger partial charge in [0.2, 0.25) is 6.29 Å². The number of fused-ring (bicyclic) bond motifs is 1. The van der Waals surface area contributed by atoms with Gasteiger partial charge in [0.15, 0.2) is 9.84 Å². The van der Waals surface area contributed by atoms with Crippen LogP contribution in [0.25, 0.3) is 11.1 Å². The average Bonchev–Trinajstić information content (AvgIpc) is 3.06. The van der Waals surface area contributed by atoms with E-state index in [1.54, 1.807) is 17.0 Å². The highest BCUT2D eigenvalue weighted by molar-refractivity contribution is 7.90. The van der Waals surface area contributed by atoms with Gasteiger partial charge in [0, 0.05) is 55.2 Å². The number of likely N-dealkylation sites (tertiary alicyclic amines) is 1. The Morgan fingerprint density at radius 3 is 2.33 bits per heavy atom. The minimum Gasteiger partial charge on any atom is -0.475 e. The highest BCUT2D eigenvalue weighted by Crippen LogP contribution is 2.37. The van der Waals surface area contributed by atoms with Gasteiger partial charge in [-0.1, -0.05) is 42.5 Å². The number of benzene rings is 3. The number of hydrogen-bond donors (Lipinski definition) is 2. The lowest BCUT2D eigenvalue weighted by molar-refractivity contribution is -0.192. The fraction of sp³-hybridized carbons (Fsp3) is 0.412. The molecule has 49 heavy (non-hydrogen) atoms. The van der Waals surface area contributed by atoms with Crippen molar-refractivity contribution in [2.75, 3.05) is 51.8 Å². The molecule has 0 aromatic heterocycles. The predicted molar refractivity (Wildman–Crippen MR) is 176 cm³/mol. The van der Waals surface area contributed by atoms with Crippen LogP contribution >= 0.6 is 0 Å². The van der Waals surface area contributed by atoms with Crippen LogP contribution in [0.5, 0.6) is 5.75 Å². The largest absolute Gasteiger partial charge is 0.490 e. The first-order valence-electron chi connectivity index (χ1n) is 15.5. The minimum atomic E-state index is -5.08. The Morgan fingerprint density at radius 1 is 1.04 bits per heavy atom. The van der Waals surface area contributed by atoms with Gasteiger partial charge in [-0.15, -0.1) is 0 Å². The number of nitrogens with zero attached hydrogens (tertiary/aromatic N) is 2. The molecule has 2 N–H and O–H groups in total. The Labute approximate surface area is 283 Å². The third-order valence-corrected chi connectivity index (χ3v) is 9.05. The molecular weight excluding hydrogens is 667 g/mol. The van der Waals surface area contributed by atoms with Crippen LogP contribution in [0, 0.1) is 5.92 Å².